The fourth-order valence-corrected chi connectivity index (χ4v) is 3.42. The maximum Gasteiger partial charge on any atom is 0.241 e. The maximum atomic E-state index is 13.5. The molecule has 0 aliphatic carbocycles. The van der Waals surface area contributed by atoms with Crippen LogP contribution in [-0.2, 0) is 11.3 Å². The van der Waals surface area contributed by atoms with Crippen LogP contribution in [0.5, 0.6) is 0 Å². The lowest BCUT2D eigenvalue weighted by Gasteiger charge is -2.24. The van der Waals surface area contributed by atoms with Gasteiger partial charge in [-0.15, -0.1) is 5.10 Å². The van der Waals surface area contributed by atoms with Gasteiger partial charge in [0.05, 0.1) is 11.7 Å². The second-order valence-electron chi connectivity index (χ2n) is 6.67. The van der Waals surface area contributed by atoms with Crippen molar-refractivity contribution >= 4 is 11.6 Å². The van der Waals surface area contributed by atoms with Crippen molar-refractivity contribution in [2.45, 2.75) is 25.4 Å². The van der Waals surface area contributed by atoms with Crippen LogP contribution in [0.3, 0.4) is 0 Å². The first kappa shape index (κ1) is 18.2. The van der Waals surface area contributed by atoms with Gasteiger partial charge in [0.15, 0.2) is 11.6 Å². The SMILES string of the molecule is O=C(Nc1cccc(-n2cnnn2)c1)C1CCCN1Cc1ccc(F)c(F)c1. The van der Waals surface area contributed by atoms with E-state index in [9.17, 15) is 13.6 Å². The van der Waals surface area contributed by atoms with Gasteiger partial charge in [0.25, 0.3) is 0 Å². The van der Waals surface area contributed by atoms with E-state index >= 15 is 0 Å². The quantitative estimate of drug-likeness (QED) is 0.732. The number of rotatable bonds is 5. The first-order valence-corrected chi connectivity index (χ1v) is 8.92. The highest BCUT2D eigenvalue weighted by Crippen LogP contribution is 2.23. The highest BCUT2D eigenvalue weighted by atomic mass is 19.2. The Balaban J connectivity index is 1.45. The third-order valence-electron chi connectivity index (χ3n) is 4.76. The topological polar surface area (TPSA) is 75.9 Å². The number of aromatic nitrogens is 4. The van der Waals surface area contributed by atoms with Gasteiger partial charge in [-0.05, 0) is 65.7 Å². The van der Waals surface area contributed by atoms with Crippen LogP contribution in [0.25, 0.3) is 5.69 Å². The molecule has 0 spiro atoms. The van der Waals surface area contributed by atoms with E-state index in [1.807, 2.05) is 11.0 Å². The van der Waals surface area contributed by atoms with E-state index in [0.717, 1.165) is 24.7 Å². The molecule has 1 unspecified atom stereocenters. The van der Waals surface area contributed by atoms with Crippen LogP contribution >= 0.6 is 0 Å². The second kappa shape index (κ2) is 7.81. The van der Waals surface area contributed by atoms with Crippen molar-refractivity contribution in [2.75, 3.05) is 11.9 Å². The number of nitrogens with one attached hydrogen (secondary N) is 1. The first-order chi connectivity index (χ1) is 13.6. The highest BCUT2D eigenvalue weighted by molar-refractivity contribution is 5.95. The molecular formula is C19H18F2N6O. The Hall–Kier alpha value is -3.20. The van der Waals surface area contributed by atoms with Crippen molar-refractivity contribution in [3.05, 3.63) is 66.0 Å². The second-order valence-corrected chi connectivity index (χ2v) is 6.67. The summed E-state index contributed by atoms with van der Waals surface area (Å²) < 4.78 is 28.1. The molecule has 4 rings (SSSR count). The van der Waals surface area contributed by atoms with Crippen LogP contribution in [0.15, 0.2) is 48.8 Å². The number of amides is 1. The number of hydrogen-bond acceptors (Lipinski definition) is 5. The molecular weight excluding hydrogens is 366 g/mol. The fourth-order valence-electron chi connectivity index (χ4n) is 3.42. The molecule has 1 amide bonds. The Labute approximate surface area is 160 Å². The Morgan fingerprint density at radius 1 is 1.18 bits per heavy atom. The molecule has 1 saturated heterocycles. The van der Waals surface area contributed by atoms with E-state index in [-0.39, 0.29) is 11.9 Å². The predicted octanol–water partition coefficient (Wildman–Crippen LogP) is 2.54. The number of halogens is 2. The van der Waals surface area contributed by atoms with Gasteiger partial charge in [0.1, 0.15) is 6.33 Å². The normalized spacial score (nSPS) is 17.0. The summed E-state index contributed by atoms with van der Waals surface area (Å²) in [6.45, 7) is 1.11. The van der Waals surface area contributed by atoms with Crippen LogP contribution in [-0.4, -0.2) is 43.6 Å². The monoisotopic (exact) mass is 384 g/mol. The Kier molecular flexibility index (Phi) is 5.07. The molecule has 1 N–H and O–H groups in total. The molecule has 7 nitrogen and oxygen atoms in total. The number of benzene rings is 2. The van der Waals surface area contributed by atoms with E-state index < -0.39 is 11.6 Å². The third kappa shape index (κ3) is 3.89. The van der Waals surface area contributed by atoms with Gasteiger partial charge in [-0.25, -0.2) is 13.5 Å². The Morgan fingerprint density at radius 3 is 2.86 bits per heavy atom. The van der Waals surface area contributed by atoms with Gasteiger partial charge in [0.2, 0.25) is 5.91 Å². The minimum Gasteiger partial charge on any atom is -0.325 e. The van der Waals surface area contributed by atoms with Gasteiger partial charge in [-0.1, -0.05) is 12.1 Å². The van der Waals surface area contributed by atoms with Gasteiger partial charge in [-0.2, -0.15) is 0 Å². The average Bonchev–Trinajstić information content (AvgIpc) is 3.37. The molecule has 1 aromatic heterocycles. The van der Waals surface area contributed by atoms with Crippen molar-refractivity contribution in [1.82, 2.24) is 25.1 Å². The molecule has 2 aromatic carbocycles. The summed E-state index contributed by atoms with van der Waals surface area (Å²) in [7, 11) is 0. The number of nitrogens with zero attached hydrogens (tertiary/aromatic N) is 5. The molecule has 0 saturated carbocycles. The number of carbonyl (C=O) groups is 1. The van der Waals surface area contributed by atoms with Crippen LogP contribution in [0.2, 0.25) is 0 Å². The lowest BCUT2D eigenvalue weighted by Crippen LogP contribution is -2.39. The van der Waals surface area contributed by atoms with E-state index in [2.05, 4.69) is 20.8 Å². The average molecular weight is 384 g/mol. The summed E-state index contributed by atoms with van der Waals surface area (Å²) in [6.07, 6.45) is 3.05. The molecule has 0 bridgehead atoms. The number of tetrazole rings is 1. The van der Waals surface area contributed by atoms with E-state index in [4.69, 9.17) is 0 Å². The largest absolute Gasteiger partial charge is 0.325 e. The zero-order valence-electron chi connectivity index (χ0n) is 14.9. The van der Waals surface area contributed by atoms with E-state index in [1.54, 1.807) is 24.3 Å². The molecule has 1 atom stereocenters. The van der Waals surface area contributed by atoms with Gasteiger partial charge >= 0.3 is 0 Å². The summed E-state index contributed by atoms with van der Waals surface area (Å²) in [5.74, 6) is -1.88. The maximum absolute atomic E-state index is 13.5. The van der Waals surface area contributed by atoms with Crippen LogP contribution in [0, 0.1) is 11.6 Å². The molecule has 144 valence electrons. The van der Waals surface area contributed by atoms with Crippen molar-refractivity contribution in [1.29, 1.82) is 0 Å². The predicted molar refractivity (Wildman–Crippen MR) is 97.6 cm³/mol. The van der Waals surface area contributed by atoms with Crippen molar-refractivity contribution < 1.29 is 13.6 Å². The zero-order valence-corrected chi connectivity index (χ0v) is 14.9. The van der Waals surface area contributed by atoms with E-state index in [0.29, 0.717) is 24.2 Å². The summed E-state index contributed by atoms with van der Waals surface area (Å²) in [6, 6.07) is 10.7. The Morgan fingerprint density at radius 2 is 2.07 bits per heavy atom. The fraction of sp³-hybridized carbons (Fsp3) is 0.263. The number of carbonyl (C=O) groups excluding carboxylic acids is 1. The minimum absolute atomic E-state index is 0.131. The standard InChI is InChI=1S/C19H18F2N6O/c20-16-7-6-13(9-17(16)21)11-26-8-2-5-18(26)19(28)23-14-3-1-4-15(10-14)27-12-22-24-25-27/h1,3-4,6-7,9-10,12,18H,2,5,8,11H2,(H,23,28). The molecule has 2 heterocycles. The minimum atomic E-state index is -0.878. The van der Waals surface area contributed by atoms with Gasteiger partial charge < -0.3 is 5.32 Å². The smallest absolute Gasteiger partial charge is 0.241 e. The van der Waals surface area contributed by atoms with Crippen molar-refractivity contribution in [3.63, 3.8) is 0 Å². The molecule has 3 aromatic rings. The number of likely N-dealkylation sites (tertiary alicyclic amines) is 1. The highest BCUT2D eigenvalue weighted by Gasteiger charge is 2.30. The van der Waals surface area contributed by atoms with Crippen LogP contribution in [0.4, 0.5) is 14.5 Å². The van der Waals surface area contributed by atoms with Crippen LogP contribution < -0.4 is 5.32 Å². The Bertz CT molecular complexity index is 978. The first-order valence-electron chi connectivity index (χ1n) is 8.92. The number of hydrogen-bond donors (Lipinski definition) is 1. The molecule has 9 heteroatoms. The molecule has 1 aliphatic rings. The third-order valence-corrected chi connectivity index (χ3v) is 4.76. The summed E-state index contributed by atoms with van der Waals surface area (Å²) in [4.78, 5) is 14.8. The van der Waals surface area contributed by atoms with Crippen molar-refractivity contribution in [3.8, 4) is 5.69 Å². The molecule has 1 fully saturated rings. The van der Waals surface area contributed by atoms with E-state index in [1.165, 1.54) is 17.1 Å². The number of anilines is 1. The molecule has 1 aliphatic heterocycles. The lowest BCUT2D eigenvalue weighted by atomic mass is 10.1. The van der Waals surface area contributed by atoms with Crippen LogP contribution in [0.1, 0.15) is 18.4 Å². The summed E-state index contributed by atoms with van der Waals surface area (Å²) in [5, 5.41) is 14.0. The van der Waals surface area contributed by atoms with Crippen molar-refractivity contribution in [2.24, 2.45) is 0 Å². The summed E-state index contributed by atoms with van der Waals surface area (Å²) >= 11 is 0. The van der Waals surface area contributed by atoms with Gasteiger partial charge in [-0.3, -0.25) is 9.69 Å². The zero-order chi connectivity index (χ0) is 19.5. The molecule has 28 heavy (non-hydrogen) atoms. The molecule has 0 radical (unpaired) electrons. The lowest BCUT2D eigenvalue weighted by molar-refractivity contribution is -0.120. The summed E-state index contributed by atoms with van der Waals surface area (Å²) in [5.41, 5.74) is 2.00. The van der Waals surface area contributed by atoms with Gasteiger partial charge in [0, 0.05) is 12.2 Å².